The van der Waals surface area contributed by atoms with E-state index in [2.05, 4.69) is 0 Å². The van der Waals surface area contributed by atoms with Gasteiger partial charge in [-0.25, -0.2) is 0 Å². The molecule has 3 rings (SSSR count). The van der Waals surface area contributed by atoms with Crippen LogP contribution in [0.5, 0.6) is 28.7 Å². The van der Waals surface area contributed by atoms with Crippen molar-refractivity contribution in [1.82, 2.24) is 4.90 Å². The van der Waals surface area contributed by atoms with Crippen molar-refractivity contribution in [3.8, 4) is 28.7 Å². The molecule has 1 aliphatic rings. The number of rotatable bonds is 8. The standard InChI is InChI=1S/C22H28N2O5S.C2H4O2/c1-26-19-17(22(25)24-10-12-30-13-11-24)14-18(20(27-2)21(19)28-3)29-16-6-4-15(5-7-16)8-9-23;1-2(3)4/h4-7,14H,8-13,23H2,1-3H3;1H3,(H,3,4). The molecule has 186 valence electrons. The maximum absolute atomic E-state index is 13.2. The monoisotopic (exact) mass is 492 g/mol. The summed E-state index contributed by atoms with van der Waals surface area (Å²) >= 11 is 1.84. The van der Waals surface area contributed by atoms with Gasteiger partial charge in [0.05, 0.1) is 26.9 Å². The fraction of sp³-hybridized carbons (Fsp3) is 0.417. The molecule has 2 aromatic rings. The fourth-order valence-electron chi connectivity index (χ4n) is 3.37. The first-order valence-corrected chi connectivity index (χ1v) is 11.9. The molecule has 1 amide bonds. The Kier molecular flexibility index (Phi) is 10.8. The predicted molar refractivity (Wildman–Crippen MR) is 132 cm³/mol. The molecule has 1 aliphatic heterocycles. The second kappa shape index (κ2) is 13.6. The van der Waals surface area contributed by atoms with Gasteiger partial charge in [-0.05, 0) is 30.7 Å². The third-order valence-electron chi connectivity index (χ3n) is 4.88. The molecule has 0 saturated carbocycles. The molecular weight excluding hydrogens is 460 g/mol. The largest absolute Gasteiger partial charge is 0.492 e. The Morgan fingerprint density at radius 3 is 2.06 bits per heavy atom. The number of carbonyl (C=O) groups excluding carboxylic acids is 1. The van der Waals surface area contributed by atoms with Gasteiger partial charge in [-0.2, -0.15) is 11.8 Å². The summed E-state index contributed by atoms with van der Waals surface area (Å²) in [5, 5.41) is 7.42. The van der Waals surface area contributed by atoms with Crippen molar-refractivity contribution >= 4 is 23.6 Å². The lowest BCUT2D eigenvalue weighted by atomic mass is 10.1. The zero-order valence-electron chi connectivity index (χ0n) is 20.0. The van der Waals surface area contributed by atoms with Gasteiger partial charge in [0.15, 0.2) is 11.5 Å². The normalized spacial score (nSPS) is 12.8. The Morgan fingerprint density at radius 1 is 1.00 bits per heavy atom. The number of carbonyl (C=O) groups is 2. The number of hydrogen-bond acceptors (Lipinski definition) is 8. The van der Waals surface area contributed by atoms with E-state index in [1.807, 2.05) is 40.9 Å². The molecule has 0 bridgehead atoms. The van der Waals surface area contributed by atoms with Gasteiger partial charge >= 0.3 is 0 Å². The molecule has 0 spiro atoms. The molecule has 0 aromatic heterocycles. The minimum absolute atomic E-state index is 0.115. The Bertz CT molecular complexity index is 957. The van der Waals surface area contributed by atoms with Crippen LogP contribution in [0.3, 0.4) is 0 Å². The molecule has 34 heavy (non-hydrogen) atoms. The first-order valence-electron chi connectivity index (χ1n) is 10.7. The van der Waals surface area contributed by atoms with Crippen molar-refractivity contribution < 1.29 is 33.6 Å². The summed E-state index contributed by atoms with van der Waals surface area (Å²) in [5.74, 6) is 2.92. The quantitative estimate of drug-likeness (QED) is 0.572. The number of hydrogen-bond donors (Lipinski definition) is 2. The summed E-state index contributed by atoms with van der Waals surface area (Å²) in [7, 11) is 4.55. The van der Waals surface area contributed by atoms with Crippen LogP contribution in [-0.4, -0.2) is 74.4 Å². The number of methoxy groups -OCH3 is 3. The van der Waals surface area contributed by atoms with Gasteiger partial charge in [-0.15, -0.1) is 0 Å². The number of carboxylic acid groups (broad SMARTS) is 1. The van der Waals surface area contributed by atoms with Gasteiger partial charge in [0.2, 0.25) is 11.5 Å². The van der Waals surface area contributed by atoms with Crippen molar-refractivity contribution in [1.29, 1.82) is 0 Å². The average molecular weight is 493 g/mol. The highest BCUT2D eigenvalue weighted by molar-refractivity contribution is 7.99. The van der Waals surface area contributed by atoms with E-state index in [1.54, 1.807) is 6.07 Å². The van der Waals surface area contributed by atoms with Crippen molar-refractivity contribution in [2.45, 2.75) is 13.3 Å². The van der Waals surface area contributed by atoms with E-state index in [0.717, 1.165) is 30.4 Å². The lowest BCUT2D eigenvalue weighted by molar-refractivity contribution is -0.134. The molecule has 3 N–H and O–H groups in total. The molecular formula is C24H32N2O7S. The summed E-state index contributed by atoms with van der Waals surface area (Å²) in [5.41, 5.74) is 7.13. The van der Waals surface area contributed by atoms with E-state index < -0.39 is 5.97 Å². The van der Waals surface area contributed by atoms with Crippen LogP contribution in [0, 0.1) is 0 Å². The molecule has 0 atom stereocenters. The van der Waals surface area contributed by atoms with Crippen LogP contribution in [0.2, 0.25) is 0 Å². The molecule has 1 fully saturated rings. The third-order valence-corrected chi connectivity index (χ3v) is 5.82. The number of nitrogens with two attached hydrogens (primary N) is 1. The maximum Gasteiger partial charge on any atom is 0.300 e. The fourth-order valence-corrected chi connectivity index (χ4v) is 4.27. The minimum Gasteiger partial charge on any atom is -0.492 e. The number of nitrogens with zero attached hydrogens (tertiary/aromatic N) is 1. The SMILES string of the molecule is CC(=O)O.COc1c(Oc2ccc(CCN)cc2)cc(C(=O)N2CCSCC2)c(OC)c1OC. The van der Waals surface area contributed by atoms with E-state index in [9.17, 15) is 4.79 Å². The highest BCUT2D eigenvalue weighted by atomic mass is 32.2. The maximum atomic E-state index is 13.2. The Hall–Kier alpha value is -3.11. The van der Waals surface area contributed by atoms with Gasteiger partial charge in [0.1, 0.15) is 5.75 Å². The minimum atomic E-state index is -0.833. The number of aliphatic carboxylic acids is 1. The molecule has 0 unspecified atom stereocenters. The number of thioether (sulfide) groups is 1. The van der Waals surface area contributed by atoms with Crippen LogP contribution >= 0.6 is 11.8 Å². The van der Waals surface area contributed by atoms with Crippen LogP contribution < -0.4 is 24.7 Å². The van der Waals surface area contributed by atoms with Crippen molar-refractivity contribution in [2.24, 2.45) is 5.73 Å². The third kappa shape index (κ3) is 7.19. The summed E-state index contributed by atoms with van der Waals surface area (Å²) in [6, 6.07) is 9.33. The van der Waals surface area contributed by atoms with Crippen LogP contribution in [0.4, 0.5) is 0 Å². The van der Waals surface area contributed by atoms with Crippen LogP contribution in [0.25, 0.3) is 0 Å². The lowest BCUT2D eigenvalue weighted by Gasteiger charge is -2.28. The van der Waals surface area contributed by atoms with Crippen molar-refractivity contribution in [2.75, 3.05) is 52.5 Å². The highest BCUT2D eigenvalue weighted by Gasteiger charge is 2.29. The van der Waals surface area contributed by atoms with Gasteiger partial charge in [-0.1, -0.05) is 12.1 Å². The molecule has 10 heteroatoms. The Labute approximate surface area is 204 Å². The van der Waals surface area contributed by atoms with Gasteiger partial charge in [-0.3, -0.25) is 9.59 Å². The second-order valence-corrected chi connectivity index (χ2v) is 8.46. The molecule has 0 radical (unpaired) electrons. The van der Waals surface area contributed by atoms with E-state index in [1.165, 1.54) is 21.3 Å². The lowest BCUT2D eigenvalue weighted by Crippen LogP contribution is -2.38. The Morgan fingerprint density at radius 2 is 1.56 bits per heavy atom. The zero-order chi connectivity index (χ0) is 25.1. The first-order chi connectivity index (χ1) is 16.4. The number of carboxylic acids is 1. The smallest absolute Gasteiger partial charge is 0.300 e. The Balaban J connectivity index is 0.000000945. The molecule has 0 aliphatic carbocycles. The molecule has 9 nitrogen and oxygen atoms in total. The van der Waals surface area contributed by atoms with Crippen LogP contribution in [0.15, 0.2) is 30.3 Å². The van der Waals surface area contributed by atoms with Gasteiger partial charge < -0.3 is 34.7 Å². The second-order valence-electron chi connectivity index (χ2n) is 7.23. The van der Waals surface area contributed by atoms with E-state index >= 15 is 0 Å². The van der Waals surface area contributed by atoms with Crippen molar-refractivity contribution in [3.05, 3.63) is 41.5 Å². The van der Waals surface area contributed by atoms with E-state index in [0.29, 0.717) is 53.9 Å². The van der Waals surface area contributed by atoms with Crippen LogP contribution in [-0.2, 0) is 11.2 Å². The van der Waals surface area contributed by atoms with Gasteiger partial charge in [0.25, 0.3) is 11.9 Å². The molecule has 1 heterocycles. The van der Waals surface area contributed by atoms with E-state index in [-0.39, 0.29) is 5.91 Å². The topological polar surface area (TPSA) is 121 Å². The summed E-state index contributed by atoms with van der Waals surface area (Å²) < 4.78 is 22.7. The molecule has 1 saturated heterocycles. The number of benzene rings is 2. The van der Waals surface area contributed by atoms with Gasteiger partial charge in [0, 0.05) is 37.6 Å². The highest BCUT2D eigenvalue weighted by Crippen LogP contribution is 2.48. The van der Waals surface area contributed by atoms with E-state index in [4.69, 9.17) is 34.6 Å². The van der Waals surface area contributed by atoms with Crippen LogP contribution in [0.1, 0.15) is 22.8 Å². The first kappa shape index (κ1) is 27.1. The predicted octanol–water partition coefficient (Wildman–Crippen LogP) is 3.29. The number of amides is 1. The summed E-state index contributed by atoms with van der Waals surface area (Å²) in [6.45, 7) is 3.06. The summed E-state index contributed by atoms with van der Waals surface area (Å²) in [4.78, 5) is 24.1. The summed E-state index contributed by atoms with van der Waals surface area (Å²) in [6.07, 6.45) is 0.798. The van der Waals surface area contributed by atoms with Crippen molar-refractivity contribution in [3.63, 3.8) is 0 Å². The zero-order valence-corrected chi connectivity index (χ0v) is 20.8. The average Bonchev–Trinajstić information content (AvgIpc) is 2.84. The molecule has 2 aromatic carbocycles. The number of ether oxygens (including phenoxy) is 4.